The molecule has 4 N–H and O–H groups in total. The predicted molar refractivity (Wildman–Crippen MR) is 108 cm³/mol. The van der Waals surface area contributed by atoms with Crippen molar-refractivity contribution in [2.75, 3.05) is 18.4 Å². The summed E-state index contributed by atoms with van der Waals surface area (Å²) in [4.78, 5) is 2.30. The minimum Gasteiger partial charge on any atom is -0.379 e. The molecule has 2 aromatic rings. The number of hydrogen-bond donors (Lipinski definition) is 3. The number of nitrogens with two attached hydrogens (primary N) is 1. The number of anilines is 1. The fourth-order valence-electron chi connectivity index (χ4n) is 3.09. The summed E-state index contributed by atoms with van der Waals surface area (Å²) in [6, 6.07) is 12.5. The molecule has 142 valence electrons. The van der Waals surface area contributed by atoms with E-state index in [1.54, 1.807) is 0 Å². The average molecular weight is 389 g/mol. The van der Waals surface area contributed by atoms with Gasteiger partial charge in [-0.1, -0.05) is 30.3 Å². The van der Waals surface area contributed by atoms with E-state index in [4.69, 9.17) is 5.73 Å². The van der Waals surface area contributed by atoms with Gasteiger partial charge >= 0.3 is 0 Å². The summed E-state index contributed by atoms with van der Waals surface area (Å²) in [6.45, 7) is 2.53. The summed E-state index contributed by atoms with van der Waals surface area (Å²) in [5, 5.41) is 6.71. The van der Waals surface area contributed by atoms with Crippen LogP contribution in [0.2, 0.25) is 0 Å². The van der Waals surface area contributed by atoms with Crippen LogP contribution >= 0.6 is 12.2 Å². The Labute approximate surface area is 162 Å². The summed E-state index contributed by atoms with van der Waals surface area (Å²) in [5.74, 6) is -1.11. The quantitative estimate of drug-likeness (QED) is 0.403. The van der Waals surface area contributed by atoms with E-state index in [1.165, 1.54) is 5.56 Å². The molecular weight excluding hydrogens is 368 g/mol. The Balaban J connectivity index is 1.60. The number of nitrogens with zero attached hydrogens (tertiary/aromatic N) is 2. The van der Waals surface area contributed by atoms with Crippen LogP contribution in [0.5, 0.6) is 0 Å². The molecule has 0 spiro atoms. The van der Waals surface area contributed by atoms with Crippen molar-refractivity contribution in [3.8, 4) is 0 Å². The normalized spacial score (nSPS) is 17.3. The lowest BCUT2D eigenvalue weighted by Gasteiger charge is -2.18. The van der Waals surface area contributed by atoms with Crippen LogP contribution < -0.4 is 16.5 Å². The molecule has 1 fully saturated rings. The van der Waals surface area contributed by atoms with Crippen molar-refractivity contribution in [2.24, 2.45) is 10.8 Å². The molecule has 0 bridgehead atoms. The van der Waals surface area contributed by atoms with Crippen molar-refractivity contribution < 1.29 is 8.78 Å². The van der Waals surface area contributed by atoms with Gasteiger partial charge in [0.05, 0.1) is 11.9 Å². The topological polar surface area (TPSA) is 65.7 Å². The first-order valence-corrected chi connectivity index (χ1v) is 9.02. The monoisotopic (exact) mass is 389 g/mol. The zero-order valence-corrected chi connectivity index (χ0v) is 15.5. The number of halogens is 2. The predicted octanol–water partition coefficient (Wildman–Crippen LogP) is 2.82. The molecule has 1 atom stereocenters. The highest BCUT2D eigenvalue weighted by Gasteiger charge is 2.23. The van der Waals surface area contributed by atoms with Crippen LogP contribution in [0.4, 0.5) is 14.5 Å². The third-order valence-electron chi connectivity index (χ3n) is 4.35. The van der Waals surface area contributed by atoms with Gasteiger partial charge in [-0.05, 0) is 30.3 Å². The molecule has 0 radical (unpaired) electrons. The van der Waals surface area contributed by atoms with Crippen molar-refractivity contribution in [1.29, 1.82) is 0 Å². The van der Waals surface area contributed by atoms with Crippen molar-refractivity contribution in [3.63, 3.8) is 0 Å². The van der Waals surface area contributed by atoms with Gasteiger partial charge in [0.1, 0.15) is 11.6 Å². The van der Waals surface area contributed by atoms with Crippen molar-refractivity contribution in [1.82, 2.24) is 10.3 Å². The molecule has 27 heavy (non-hydrogen) atoms. The standard InChI is InChI=1S/C19H21F2N5S/c20-16-9-18(17(21)8-14(16)10-23-25-19(22)27)24-15-6-7-26(12-15)11-13-4-2-1-3-5-13/h1-5,8-10,15,24H,6-7,11-12H2,(H3,22,25,27)/b23-10+. The van der Waals surface area contributed by atoms with Crippen LogP contribution in [0, 0.1) is 11.6 Å². The molecule has 0 aliphatic carbocycles. The maximum Gasteiger partial charge on any atom is 0.184 e. The van der Waals surface area contributed by atoms with Gasteiger partial charge in [0, 0.05) is 37.3 Å². The number of thiocarbonyl (C=S) groups is 1. The molecule has 1 heterocycles. The van der Waals surface area contributed by atoms with Gasteiger partial charge in [-0.25, -0.2) is 8.78 Å². The fourth-order valence-corrected chi connectivity index (χ4v) is 3.15. The third kappa shape index (κ3) is 5.45. The highest BCUT2D eigenvalue weighted by atomic mass is 32.1. The lowest BCUT2D eigenvalue weighted by Crippen LogP contribution is -2.26. The Morgan fingerprint density at radius 2 is 2.04 bits per heavy atom. The van der Waals surface area contributed by atoms with Crippen LogP contribution in [-0.4, -0.2) is 35.4 Å². The number of benzene rings is 2. The minimum absolute atomic E-state index is 0.0129. The second-order valence-electron chi connectivity index (χ2n) is 6.44. The minimum atomic E-state index is -0.577. The van der Waals surface area contributed by atoms with Gasteiger partial charge in [0.2, 0.25) is 0 Å². The van der Waals surface area contributed by atoms with E-state index in [-0.39, 0.29) is 22.4 Å². The Hall–Kier alpha value is -2.58. The third-order valence-corrected chi connectivity index (χ3v) is 4.44. The van der Waals surface area contributed by atoms with Gasteiger partial charge in [0.15, 0.2) is 5.11 Å². The zero-order chi connectivity index (χ0) is 19.2. The molecule has 1 unspecified atom stereocenters. The summed E-state index contributed by atoms with van der Waals surface area (Å²) < 4.78 is 28.5. The second-order valence-corrected chi connectivity index (χ2v) is 6.88. The van der Waals surface area contributed by atoms with E-state index in [2.05, 4.69) is 45.1 Å². The highest BCUT2D eigenvalue weighted by molar-refractivity contribution is 7.80. The van der Waals surface area contributed by atoms with E-state index < -0.39 is 11.6 Å². The SMILES string of the molecule is NC(=S)N/N=C/c1cc(F)c(NC2CCN(Cc3ccccc3)C2)cc1F. The number of nitrogens with one attached hydrogen (secondary N) is 2. The summed E-state index contributed by atoms with van der Waals surface area (Å²) >= 11 is 4.59. The maximum absolute atomic E-state index is 14.3. The molecular formula is C19H21F2N5S. The molecule has 1 aliphatic heterocycles. The lowest BCUT2D eigenvalue weighted by molar-refractivity contribution is 0.328. The Morgan fingerprint density at radius 3 is 2.78 bits per heavy atom. The number of hydrazone groups is 1. The largest absolute Gasteiger partial charge is 0.379 e. The molecule has 8 heteroatoms. The van der Waals surface area contributed by atoms with Crippen molar-refractivity contribution in [2.45, 2.75) is 19.0 Å². The molecule has 3 rings (SSSR count). The Kier molecular flexibility index (Phi) is 6.31. The number of hydrogen-bond acceptors (Lipinski definition) is 4. The molecule has 0 amide bonds. The van der Waals surface area contributed by atoms with E-state index in [9.17, 15) is 8.78 Å². The van der Waals surface area contributed by atoms with E-state index >= 15 is 0 Å². The molecule has 1 aliphatic rings. The summed E-state index contributed by atoms with van der Waals surface area (Å²) in [5.41, 5.74) is 8.94. The number of rotatable bonds is 6. The molecule has 5 nitrogen and oxygen atoms in total. The molecule has 2 aromatic carbocycles. The average Bonchev–Trinajstić information content (AvgIpc) is 3.06. The van der Waals surface area contributed by atoms with Gasteiger partial charge in [-0.2, -0.15) is 5.10 Å². The van der Waals surface area contributed by atoms with Crippen LogP contribution in [-0.2, 0) is 6.54 Å². The van der Waals surface area contributed by atoms with Crippen molar-refractivity contribution >= 4 is 29.2 Å². The molecule has 0 saturated carbocycles. The smallest absolute Gasteiger partial charge is 0.184 e. The Bertz CT molecular complexity index is 828. The van der Waals surface area contributed by atoms with Crippen molar-refractivity contribution in [3.05, 3.63) is 65.2 Å². The maximum atomic E-state index is 14.3. The first-order valence-electron chi connectivity index (χ1n) is 8.61. The van der Waals surface area contributed by atoms with Crippen LogP contribution in [0.25, 0.3) is 0 Å². The second kappa shape index (κ2) is 8.88. The van der Waals surface area contributed by atoms with Gasteiger partial charge in [-0.15, -0.1) is 0 Å². The van der Waals surface area contributed by atoms with E-state index in [0.29, 0.717) is 0 Å². The Morgan fingerprint density at radius 1 is 1.26 bits per heavy atom. The summed E-state index contributed by atoms with van der Waals surface area (Å²) in [6.07, 6.45) is 2.01. The van der Waals surface area contributed by atoms with Crippen LogP contribution in [0.3, 0.4) is 0 Å². The highest BCUT2D eigenvalue weighted by Crippen LogP contribution is 2.22. The van der Waals surface area contributed by atoms with Gasteiger partial charge in [-0.3, -0.25) is 10.3 Å². The number of likely N-dealkylation sites (tertiary alicyclic amines) is 1. The van der Waals surface area contributed by atoms with E-state index in [1.807, 2.05) is 18.2 Å². The zero-order valence-electron chi connectivity index (χ0n) is 14.7. The van der Waals surface area contributed by atoms with Gasteiger partial charge in [0.25, 0.3) is 0 Å². The first-order chi connectivity index (χ1) is 13.0. The van der Waals surface area contributed by atoms with Gasteiger partial charge < -0.3 is 11.1 Å². The lowest BCUT2D eigenvalue weighted by atomic mass is 10.1. The van der Waals surface area contributed by atoms with Crippen LogP contribution in [0.15, 0.2) is 47.6 Å². The fraction of sp³-hybridized carbons (Fsp3) is 0.263. The molecule has 0 aromatic heterocycles. The first kappa shape index (κ1) is 19.2. The van der Waals surface area contributed by atoms with Crippen LogP contribution in [0.1, 0.15) is 17.5 Å². The molecule has 1 saturated heterocycles. The van der Waals surface area contributed by atoms with E-state index in [0.717, 1.165) is 44.4 Å². The summed E-state index contributed by atoms with van der Waals surface area (Å²) in [7, 11) is 0.